The summed E-state index contributed by atoms with van der Waals surface area (Å²) >= 11 is 0. The summed E-state index contributed by atoms with van der Waals surface area (Å²) in [6.07, 6.45) is 3.48. The number of benzene rings is 5. The van der Waals surface area contributed by atoms with Gasteiger partial charge in [0.05, 0.1) is 25.6 Å². The molecule has 0 fully saturated rings. The molecule has 0 atom stereocenters. The normalized spacial score (nSPS) is 11.3. The van der Waals surface area contributed by atoms with Crippen molar-refractivity contribution in [2.24, 2.45) is 10.2 Å². The zero-order valence-corrected chi connectivity index (χ0v) is 25.1. The summed E-state index contributed by atoms with van der Waals surface area (Å²) in [5.41, 5.74) is 8.68. The third kappa shape index (κ3) is 7.00. The summed E-state index contributed by atoms with van der Waals surface area (Å²) in [5, 5.41) is 16.6. The van der Waals surface area contributed by atoms with Gasteiger partial charge in [0.1, 0.15) is 17.3 Å². The standard InChI is InChI=1S/C36H33N7O2/c1-3-44-32-20-18-25-12-8-10-16-28(25)30(32)23-37-42-35-22-34(39-27-14-6-5-7-15-27)40-36(41-35)43-38-24-31-29-17-11-9-13-26(29)19-21-33(31)45-4-2/h5-24H,3-4H2,1-2H3,(H3,39,40,41,42,43). The van der Waals surface area contributed by atoms with E-state index < -0.39 is 0 Å². The van der Waals surface area contributed by atoms with Gasteiger partial charge in [-0.3, -0.25) is 5.43 Å². The van der Waals surface area contributed by atoms with E-state index in [1.807, 2.05) is 98.8 Å². The lowest BCUT2D eigenvalue weighted by atomic mass is 10.0. The van der Waals surface area contributed by atoms with E-state index in [1.165, 1.54) is 0 Å². The molecule has 6 rings (SSSR count). The Balaban J connectivity index is 1.30. The fraction of sp³-hybridized carbons (Fsp3) is 0.111. The Bertz CT molecular complexity index is 1860. The molecule has 0 aliphatic rings. The molecule has 9 heteroatoms. The third-order valence-corrected chi connectivity index (χ3v) is 6.96. The Kier molecular flexibility index (Phi) is 9.07. The monoisotopic (exact) mass is 595 g/mol. The number of hydrogen-bond donors (Lipinski definition) is 3. The maximum Gasteiger partial charge on any atom is 0.247 e. The van der Waals surface area contributed by atoms with E-state index in [4.69, 9.17) is 9.47 Å². The van der Waals surface area contributed by atoms with Crippen LogP contribution in [0.2, 0.25) is 0 Å². The first-order valence-electron chi connectivity index (χ1n) is 14.8. The van der Waals surface area contributed by atoms with Crippen molar-refractivity contribution in [3.05, 3.63) is 120 Å². The molecule has 0 bridgehead atoms. The molecule has 9 nitrogen and oxygen atoms in total. The van der Waals surface area contributed by atoms with Gasteiger partial charge in [-0.15, -0.1) is 0 Å². The van der Waals surface area contributed by atoms with Crippen LogP contribution in [0.3, 0.4) is 0 Å². The van der Waals surface area contributed by atoms with Crippen LogP contribution in [0.4, 0.5) is 23.3 Å². The van der Waals surface area contributed by atoms with E-state index in [0.29, 0.717) is 24.8 Å². The quantitative estimate of drug-likeness (QED) is 0.0967. The highest BCUT2D eigenvalue weighted by atomic mass is 16.5. The van der Waals surface area contributed by atoms with Crippen LogP contribution < -0.4 is 25.6 Å². The fourth-order valence-electron chi connectivity index (χ4n) is 4.99. The summed E-state index contributed by atoms with van der Waals surface area (Å²) in [6.45, 7) is 5.02. The topological polar surface area (TPSA) is 105 Å². The number of hydrazone groups is 2. The summed E-state index contributed by atoms with van der Waals surface area (Å²) in [4.78, 5) is 9.25. The largest absolute Gasteiger partial charge is 0.493 e. The Morgan fingerprint density at radius 2 is 1.13 bits per heavy atom. The number of para-hydroxylation sites is 1. The predicted octanol–water partition coefficient (Wildman–Crippen LogP) is 8.22. The molecule has 5 aromatic carbocycles. The molecule has 224 valence electrons. The van der Waals surface area contributed by atoms with Gasteiger partial charge in [-0.25, -0.2) is 5.43 Å². The van der Waals surface area contributed by atoms with Gasteiger partial charge in [0.15, 0.2) is 5.82 Å². The summed E-state index contributed by atoms with van der Waals surface area (Å²) in [7, 11) is 0. The number of aromatic nitrogens is 2. The maximum atomic E-state index is 5.89. The zero-order valence-electron chi connectivity index (χ0n) is 25.1. The zero-order chi connectivity index (χ0) is 30.8. The van der Waals surface area contributed by atoms with Crippen LogP contribution in [0.15, 0.2) is 119 Å². The van der Waals surface area contributed by atoms with E-state index in [2.05, 4.69) is 54.5 Å². The molecule has 0 saturated heterocycles. The van der Waals surface area contributed by atoms with Crippen LogP contribution in [0.5, 0.6) is 11.5 Å². The molecule has 1 aromatic heterocycles. The molecule has 0 aliphatic heterocycles. The third-order valence-electron chi connectivity index (χ3n) is 6.96. The maximum absolute atomic E-state index is 5.89. The number of anilines is 4. The summed E-state index contributed by atoms with van der Waals surface area (Å²) in [6, 6.07) is 35.8. The molecule has 0 saturated carbocycles. The van der Waals surface area contributed by atoms with Crippen LogP contribution in [0.25, 0.3) is 21.5 Å². The van der Waals surface area contributed by atoms with Crippen molar-refractivity contribution in [3.63, 3.8) is 0 Å². The smallest absolute Gasteiger partial charge is 0.247 e. The molecule has 0 amide bonds. The van der Waals surface area contributed by atoms with Crippen molar-refractivity contribution in [1.82, 2.24) is 9.97 Å². The van der Waals surface area contributed by atoms with Crippen LogP contribution in [0, 0.1) is 0 Å². The van der Waals surface area contributed by atoms with Gasteiger partial charge in [0.25, 0.3) is 0 Å². The van der Waals surface area contributed by atoms with Crippen LogP contribution in [-0.2, 0) is 0 Å². The molecule has 0 aliphatic carbocycles. The summed E-state index contributed by atoms with van der Waals surface area (Å²) < 4.78 is 11.8. The van der Waals surface area contributed by atoms with Gasteiger partial charge in [-0.1, -0.05) is 78.9 Å². The first-order chi connectivity index (χ1) is 22.2. The minimum absolute atomic E-state index is 0.281. The van der Waals surface area contributed by atoms with E-state index in [-0.39, 0.29) is 5.95 Å². The molecule has 45 heavy (non-hydrogen) atoms. The lowest BCUT2D eigenvalue weighted by molar-refractivity contribution is 0.340. The molecule has 6 aromatic rings. The second kappa shape index (κ2) is 14.0. The van der Waals surface area contributed by atoms with E-state index in [9.17, 15) is 0 Å². The minimum Gasteiger partial charge on any atom is -0.493 e. The van der Waals surface area contributed by atoms with Crippen LogP contribution >= 0.6 is 0 Å². The van der Waals surface area contributed by atoms with Gasteiger partial charge >= 0.3 is 0 Å². The average molecular weight is 596 g/mol. The van der Waals surface area contributed by atoms with Gasteiger partial charge in [0.2, 0.25) is 5.95 Å². The fourth-order valence-corrected chi connectivity index (χ4v) is 4.99. The average Bonchev–Trinajstić information content (AvgIpc) is 3.07. The molecular formula is C36H33N7O2. The first kappa shape index (κ1) is 29.1. The second-order valence-corrected chi connectivity index (χ2v) is 9.96. The highest BCUT2D eigenvalue weighted by Gasteiger charge is 2.10. The van der Waals surface area contributed by atoms with Crippen molar-refractivity contribution < 1.29 is 9.47 Å². The summed E-state index contributed by atoms with van der Waals surface area (Å²) in [5.74, 6) is 2.82. The van der Waals surface area contributed by atoms with Crippen molar-refractivity contribution in [1.29, 1.82) is 0 Å². The van der Waals surface area contributed by atoms with E-state index >= 15 is 0 Å². The number of hydrogen-bond acceptors (Lipinski definition) is 9. The van der Waals surface area contributed by atoms with Crippen molar-refractivity contribution in [2.75, 3.05) is 29.4 Å². The van der Waals surface area contributed by atoms with Crippen molar-refractivity contribution >= 4 is 57.2 Å². The van der Waals surface area contributed by atoms with Crippen LogP contribution in [0.1, 0.15) is 25.0 Å². The Morgan fingerprint density at radius 3 is 1.73 bits per heavy atom. The number of rotatable bonds is 12. The van der Waals surface area contributed by atoms with Crippen molar-refractivity contribution in [2.45, 2.75) is 13.8 Å². The number of nitrogens with zero attached hydrogens (tertiary/aromatic N) is 4. The SMILES string of the molecule is CCOc1ccc2ccccc2c1C=NNc1cc(Nc2ccccc2)nc(NN=Cc2c(OCC)ccc3ccccc23)n1. The molecule has 0 spiro atoms. The Labute approximate surface area is 261 Å². The highest BCUT2D eigenvalue weighted by molar-refractivity contribution is 6.03. The predicted molar refractivity (Wildman–Crippen MR) is 184 cm³/mol. The molecule has 1 heterocycles. The van der Waals surface area contributed by atoms with Gasteiger partial charge < -0.3 is 14.8 Å². The van der Waals surface area contributed by atoms with E-state index in [0.717, 1.165) is 49.9 Å². The Morgan fingerprint density at radius 1 is 0.600 bits per heavy atom. The number of ether oxygens (including phenoxy) is 2. The number of nitrogens with one attached hydrogen (secondary N) is 3. The molecular weight excluding hydrogens is 562 g/mol. The lowest BCUT2D eigenvalue weighted by Gasteiger charge is -2.11. The van der Waals surface area contributed by atoms with Gasteiger partial charge in [-0.05, 0) is 59.7 Å². The molecule has 0 radical (unpaired) electrons. The molecule has 0 unspecified atom stereocenters. The van der Waals surface area contributed by atoms with Gasteiger partial charge in [-0.2, -0.15) is 20.2 Å². The van der Waals surface area contributed by atoms with Gasteiger partial charge in [0, 0.05) is 22.9 Å². The first-order valence-corrected chi connectivity index (χ1v) is 14.8. The second-order valence-electron chi connectivity index (χ2n) is 9.96. The Hall–Kier alpha value is -5.96. The number of fused-ring (bicyclic) bond motifs is 2. The molecule has 3 N–H and O–H groups in total. The van der Waals surface area contributed by atoms with Crippen molar-refractivity contribution in [3.8, 4) is 11.5 Å². The minimum atomic E-state index is 0.281. The van der Waals surface area contributed by atoms with Crippen LogP contribution in [-0.4, -0.2) is 35.6 Å². The highest BCUT2D eigenvalue weighted by Crippen LogP contribution is 2.28. The lowest BCUT2D eigenvalue weighted by Crippen LogP contribution is -2.05. The van der Waals surface area contributed by atoms with E-state index in [1.54, 1.807) is 18.5 Å².